The minimum atomic E-state index is -3.62. The maximum absolute atomic E-state index is 13.3. The predicted octanol–water partition coefficient (Wildman–Crippen LogP) is 3.35. The summed E-state index contributed by atoms with van der Waals surface area (Å²) in [5, 5.41) is 8.99. The van der Waals surface area contributed by atoms with Gasteiger partial charge in [-0.3, -0.25) is 9.78 Å². The summed E-state index contributed by atoms with van der Waals surface area (Å²) in [7, 11) is -3.62. The van der Waals surface area contributed by atoms with Crippen molar-refractivity contribution in [3.05, 3.63) is 58.9 Å². The summed E-state index contributed by atoms with van der Waals surface area (Å²) in [6.45, 7) is 6.98. The van der Waals surface area contributed by atoms with Crippen molar-refractivity contribution in [2.45, 2.75) is 51.5 Å². The Bertz CT molecular complexity index is 1080. The molecule has 170 valence electrons. The average molecular weight is 455 g/mol. The molecule has 0 N–H and O–H groups in total. The van der Waals surface area contributed by atoms with Crippen LogP contribution in [0, 0.1) is 38.0 Å². The van der Waals surface area contributed by atoms with E-state index in [1.54, 1.807) is 17.3 Å². The second-order valence-electron chi connectivity index (χ2n) is 8.44. The highest BCUT2D eigenvalue weighted by molar-refractivity contribution is 7.89. The number of rotatable bonds is 7. The SMILES string of the molecule is Cc1cc(C)c(S(=O)(=O)N2CCC(C(=O)N(CCC#N)Cc3cccnc3)CC2)c(C)c1. The number of pyridine rings is 1. The molecule has 1 aliphatic rings. The van der Waals surface area contributed by atoms with E-state index < -0.39 is 10.0 Å². The number of sulfonamides is 1. The molecule has 1 aromatic heterocycles. The summed E-state index contributed by atoms with van der Waals surface area (Å²) in [4.78, 5) is 19.4. The van der Waals surface area contributed by atoms with E-state index in [9.17, 15) is 13.2 Å². The molecular weight excluding hydrogens is 424 g/mol. The summed E-state index contributed by atoms with van der Waals surface area (Å²) < 4.78 is 28.1. The first-order valence-corrected chi connectivity index (χ1v) is 12.3. The van der Waals surface area contributed by atoms with Crippen molar-refractivity contribution in [1.29, 1.82) is 5.26 Å². The molecule has 7 nitrogen and oxygen atoms in total. The van der Waals surface area contributed by atoms with Crippen LogP contribution in [0.3, 0.4) is 0 Å². The van der Waals surface area contributed by atoms with Crippen LogP contribution < -0.4 is 0 Å². The van der Waals surface area contributed by atoms with Crippen molar-refractivity contribution in [1.82, 2.24) is 14.2 Å². The fourth-order valence-electron chi connectivity index (χ4n) is 4.47. The zero-order valence-corrected chi connectivity index (χ0v) is 19.7. The summed E-state index contributed by atoms with van der Waals surface area (Å²) in [5.74, 6) is -0.277. The lowest BCUT2D eigenvalue weighted by Gasteiger charge is -2.34. The Hall–Kier alpha value is -2.76. The highest BCUT2D eigenvalue weighted by Gasteiger charge is 2.35. The van der Waals surface area contributed by atoms with Crippen LogP contribution in [0.5, 0.6) is 0 Å². The van der Waals surface area contributed by atoms with Gasteiger partial charge in [0.1, 0.15) is 0 Å². The fraction of sp³-hybridized carbons (Fsp3) is 0.458. The lowest BCUT2D eigenvalue weighted by Crippen LogP contribution is -2.44. The Balaban J connectivity index is 1.71. The van der Waals surface area contributed by atoms with Crippen molar-refractivity contribution in [2.24, 2.45) is 5.92 Å². The van der Waals surface area contributed by atoms with E-state index >= 15 is 0 Å². The average Bonchev–Trinajstić information content (AvgIpc) is 2.76. The van der Waals surface area contributed by atoms with Crippen LogP contribution in [0.1, 0.15) is 41.5 Å². The van der Waals surface area contributed by atoms with Crippen LogP contribution in [0.25, 0.3) is 0 Å². The van der Waals surface area contributed by atoms with Gasteiger partial charge in [-0.1, -0.05) is 23.8 Å². The van der Waals surface area contributed by atoms with Gasteiger partial charge in [0.2, 0.25) is 15.9 Å². The lowest BCUT2D eigenvalue weighted by molar-refractivity contribution is -0.137. The second kappa shape index (κ2) is 10.2. The standard InChI is InChI=1S/C24H30N4O3S/c1-18-14-19(2)23(20(3)15-18)32(30,31)28-12-7-22(8-13-28)24(29)27(11-5-9-25)17-21-6-4-10-26-16-21/h4,6,10,14-16,22H,5,7-8,11-13,17H2,1-3H3. The van der Waals surface area contributed by atoms with Gasteiger partial charge >= 0.3 is 0 Å². The van der Waals surface area contributed by atoms with Gasteiger partial charge in [0.25, 0.3) is 0 Å². The molecule has 1 aromatic carbocycles. The van der Waals surface area contributed by atoms with Gasteiger partial charge < -0.3 is 4.90 Å². The number of benzene rings is 1. The molecule has 0 saturated carbocycles. The van der Waals surface area contributed by atoms with E-state index in [0.29, 0.717) is 43.9 Å². The van der Waals surface area contributed by atoms with E-state index in [2.05, 4.69) is 11.1 Å². The Morgan fingerprint density at radius 1 is 1.22 bits per heavy atom. The molecule has 0 radical (unpaired) electrons. The third-order valence-corrected chi connectivity index (χ3v) is 8.11. The second-order valence-corrected chi connectivity index (χ2v) is 10.3. The first kappa shape index (κ1) is 23.9. The molecule has 1 amide bonds. The van der Waals surface area contributed by atoms with E-state index in [0.717, 1.165) is 22.3 Å². The quantitative estimate of drug-likeness (QED) is 0.639. The third-order valence-electron chi connectivity index (χ3n) is 5.91. The van der Waals surface area contributed by atoms with Gasteiger partial charge in [-0.15, -0.1) is 0 Å². The van der Waals surface area contributed by atoms with Crippen LogP contribution in [-0.2, 0) is 21.4 Å². The van der Waals surface area contributed by atoms with E-state index in [1.165, 1.54) is 4.31 Å². The number of piperidine rings is 1. The zero-order valence-electron chi connectivity index (χ0n) is 18.9. The summed E-state index contributed by atoms with van der Waals surface area (Å²) in [6, 6.07) is 9.61. The fourth-order valence-corrected chi connectivity index (χ4v) is 6.35. The first-order chi connectivity index (χ1) is 15.2. The molecule has 32 heavy (non-hydrogen) atoms. The summed E-state index contributed by atoms with van der Waals surface area (Å²) in [5.41, 5.74) is 3.44. The Labute approximate surface area is 190 Å². The van der Waals surface area contributed by atoms with Crippen LogP contribution in [0.2, 0.25) is 0 Å². The van der Waals surface area contributed by atoms with Crippen molar-refractivity contribution in [2.75, 3.05) is 19.6 Å². The molecule has 2 heterocycles. The number of carbonyl (C=O) groups excluding carboxylic acids is 1. The molecule has 1 saturated heterocycles. The van der Waals surface area contributed by atoms with Crippen molar-refractivity contribution < 1.29 is 13.2 Å². The largest absolute Gasteiger partial charge is 0.337 e. The smallest absolute Gasteiger partial charge is 0.243 e. The minimum Gasteiger partial charge on any atom is -0.337 e. The van der Waals surface area contributed by atoms with Gasteiger partial charge in [0.05, 0.1) is 17.4 Å². The number of nitrogens with zero attached hydrogens (tertiary/aromatic N) is 4. The maximum Gasteiger partial charge on any atom is 0.243 e. The number of hydrogen-bond acceptors (Lipinski definition) is 5. The van der Waals surface area contributed by atoms with Gasteiger partial charge in [-0.05, 0) is 56.4 Å². The van der Waals surface area contributed by atoms with Gasteiger partial charge in [-0.2, -0.15) is 9.57 Å². The Morgan fingerprint density at radius 3 is 2.44 bits per heavy atom. The number of aryl methyl sites for hydroxylation is 3. The normalized spacial score (nSPS) is 15.3. The highest BCUT2D eigenvalue weighted by atomic mass is 32.2. The van der Waals surface area contributed by atoms with Crippen LogP contribution in [0.15, 0.2) is 41.6 Å². The van der Waals surface area contributed by atoms with Crippen molar-refractivity contribution in [3.8, 4) is 6.07 Å². The van der Waals surface area contributed by atoms with Gasteiger partial charge in [0.15, 0.2) is 0 Å². The van der Waals surface area contributed by atoms with Gasteiger partial charge in [0, 0.05) is 44.5 Å². The number of carbonyl (C=O) groups is 1. The molecule has 0 atom stereocenters. The molecule has 3 rings (SSSR count). The van der Waals surface area contributed by atoms with Crippen molar-refractivity contribution in [3.63, 3.8) is 0 Å². The Morgan fingerprint density at radius 2 is 1.88 bits per heavy atom. The zero-order chi connectivity index (χ0) is 23.3. The predicted molar refractivity (Wildman–Crippen MR) is 122 cm³/mol. The third kappa shape index (κ3) is 5.34. The summed E-state index contributed by atoms with van der Waals surface area (Å²) >= 11 is 0. The molecule has 1 aliphatic heterocycles. The monoisotopic (exact) mass is 454 g/mol. The molecule has 0 aliphatic carbocycles. The van der Waals surface area contributed by atoms with Crippen LogP contribution in [-0.4, -0.2) is 48.1 Å². The van der Waals surface area contributed by atoms with E-state index in [-0.39, 0.29) is 18.2 Å². The number of aromatic nitrogens is 1. The van der Waals surface area contributed by atoms with E-state index in [1.807, 2.05) is 45.0 Å². The van der Waals surface area contributed by atoms with Crippen LogP contribution >= 0.6 is 0 Å². The van der Waals surface area contributed by atoms with E-state index in [4.69, 9.17) is 5.26 Å². The lowest BCUT2D eigenvalue weighted by atomic mass is 9.96. The molecule has 8 heteroatoms. The molecule has 0 unspecified atom stereocenters. The molecule has 2 aromatic rings. The molecular formula is C24H30N4O3S. The highest BCUT2D eigenvalue weighted by Crippen LogP contribution is 2.29. The first-order valence-electron chi connectivity index (χ1n) is 10.9. The topological polar surface area (TPSA) is 94.4 Å². The minimum absolute atomic E-state index is 0.0242. The molecule has 0 bridgehead atoms. The molecule has 1 fully saturated rings. The van der Waals surface area contributed by atoms with Crippen molar-refractivity contribution >= 4 is 15.9 Å². The van der Waals surface area contributed by atoms with Gasteiger partial charge in [-0.25, -0.2) is 8.42 Å². The van der Waals surface area contributed by atoms with Crippen LogP contribution in [0.4, 0.5) is 0 Å². The number of nitriles is 1. The number of hydrogen-bond donors (Lipinski definition) is 0. The summed E-state index contributed by atoms with van der Waals surface area (Å²) in [6.07, 6.45) is 4.59. The Kier molecular flexibility index (Phi) is 7.64. The molecule has 0 spiro atoms. The maximum atomic E-state index is 13.3. The number of amides is 1.